The van der Waals surface area contributed by atoms with E-state index in [4.69, 9.17) is 5.73 Å². The van der Waals surface area contributed by atoms with Crippen LogP contribution in [0.1, 0.15) is 86.0 Å². The molecule has 0 heterocycles. The minimum atomic E-state index is -0.439. The summed E-state index contributed by atoms with van der Waals surface area (Å²) in [6.45, 7) is 10.0. The molecule has 0 aromatic carbocycles. The zero-order valence-electron chi connectivity index (χ0n) is 13.1. The number of nitrogens with two attached hydrogens (primary N) is 1. The molecule has 0 aromatic heterocycles. The minimum Gasteiger partial charge on any atom is -0.325 e. The molecule has 0 saturated heterocycles. The van der Waals surface area contributed by atoms with E-state index in [-0.39, 0.29) is 0 Å². The second-order valence-electron chi connectivity index (χ2n) is 6.64. The Balaban J connectivity index is 3.78. The molecule has 0 aliphatic carbocycles. The van der Waals surface area contributed by atoms with Crippen molar-refractivity contribution in [2.24, 2.45) is 11.1 Å². The van der Waals surface area contributed by atoms with Crippen LogP contribution in [0.3, 0.4) is 0 Å². The molecule has 0 aliphatic rings. The van der Waals surface area contributed by atoms with E-state index in [2.05, 4.69) is 6.92 Å². The molecule has 0 aliphatic heterocycles. The van der Waals surface area contributed by atoms with Gasteiger partial charge in [0.25, 0.3) is 0 Å². The highest BCUT2D eigenvalue weighted by Gasteiger charge is 2.39. The number of rotatable bonds is 10. The molecule has 2 heteroatoms. The van der Waals surface area contributed by atoms with E-state index in [1.165, 1.54) is 38.5 Å². The molecule has 0 unspecified atom stereocenters. The highest BCUT2D eigenvalue weighted by molar-refractivity contribution is 5.85. The first kappa shape index (κ1) is 17.6. The molecular weight excluding hydrogens is 222 g/mol. The quantitative estimate of drug-likeness (QED) is 0.586. The number of carbonyl (C=O) groups is 1. The van der Waals surface area contributed by atoms with Gasteiger partial charge in [0.1, 0.15) is 5.78 Å². The van der Waals surface area contributed by atoms with Gasteiger partial charge in [-0.25, -0.2) is 0 Å². The van der Waals surface area contributed by atoms with E-state index in [1.54, 1.807) is 0 Å². The highest BCUT2D eigenvalue weighted by atomic mass is 16.1. The normalized spacial score (nSPS) is 12.8. The van der Waals surface area contributed by atoms with E-state index in [0.29, 0.717) is 12.2 Å². The maximum absolute atomic E-state index is 12.2. The summed E-state index contributed by atoms with van der Waals surface area (Å²) in [5, 5.41) is 0. The molecule has 2 nitrogen and oxygen atoms in total. The van der Waals surface area contributed by atoms with Crippen molar-refractivity contribution in [2.75, 3.05) is 0 Å². The third kappa shape index (κ3) is 5.99. The van der Waals surface area contributed by atoms with Crippen LogP contribution in [0.25, 0.3) is 0 Å². The zero-order chi connectivity index (χ0) is 14.2. The summed E-state index contributed by atoms with van der Waals surface area (Å²) in [7, 11) is 0. The highest BCUT2D eigenvalue weighted by Crippen LogP contribution is 2.31. The smallest absolute Gasteiger partial charge is 0.140 e. The summed E-state index contributed by atoms with van der Waals surface area (Å²) in [5.41, 5.74) is 5.22. The second-order valence-corrected chi connectivity index (χ2v) is 6.64. The molecule has 18 heavy (non-hydrogen) atoms. The van der Waals surface area contributed by atoms with Crippen LogP contribution < -0.4 is 5.73 Å². The summed E-state index contributed by atoms with van der Waals surface area (Å²) >= 11 is 0. The molecule has 0 spiro atoms. The van der Waals surface area contributed by atoms with Gasteiger partial charge in [-0.3, -0.25) is 4.79 Å². The molecule has 0 aromatic rings. The number of Topliss-reactive ketones (excluding diaryl/α,β-unsaturated/α-hetero) is 1. The Morgan fingerprint density at radius 3 is 1.78 bits per heavy atom. The van der Waals surface area contributed by atoms with Crippen LogP contribution in [0, 0.1) is 5.41 Å². The Kier molecular flexibility index (Phi) is 7.77. The largest absolute Gasteiger partial charge is 0.325 e. The fourth-order valence-electron chi connectivity index (χ4n) is 1.91. The summed E-state index contributed by atoms with van der Waals surface area (Å²) in [4.78, 5) is 12.2. The zero-order valence-corrected chi connectivity index (χ0v) is 13.1. The molecule has 0 bridgehead atoms. The average molecular weight is 255 g/mol. The van der Waals surface area contributed by atoms with Crippen LogP contribution in [0.4, 0.5) is 0 Å². The van der Waals surface area contributed by atoms with Crippen molar-refractivity contribution < 1.29 is 4.79 Å². The Bertz CT molecular complexity index is 238. The molecule has 0 amide bonds. The van der Waals surface area contributed by atoms with E-state index in [9.17, 15) is 4.79 Å². The van der Waals surface area contributed by atoms with Crippen molar-refractivity contribution in [1.82, 2.24) is 0 Å². The van der Waals surface area contributed by atoms with E-state index in [1.807, 2.05) is 27.7 Å². The van der Waals surface area contributed by atoms with Crippen molar-refractivity contribution in [3.8, 4) is 0 Å². The van der Waals surface area contributed by atoms with Gasteiger partial charge >= 0.3 is 0 Å². The average Bonchev–Trinajstić information content (AvgIpc) is 2.26. The number of hydrogen-bond donors (Lipinski definition) is 1. The van der Waals surface area contributed by atoms with Crippen LogP contribution in [-0.4, -0.2) is 11.3 Å². The van der Waals surface area contributed by atoms with E-state index >= 15 is 0 Å². The molecule has 108 valence electrons. The van der Waals surface area contributed by atoms with Gasteiger partial charge in [-0.15, -0.1) is 0 Å². The van der Waals surface area contributed by atoms with Crippen molar-refractivity contribution >= 4 is 5.78 Å². The molecule has 0 saturated carbocycles. The molecule has 0 atom stereocenters. The SMILES string of the molecule is CCCCCCCCCC(=O)C(C)(C)C(C)(C)N. The van der Waals surface area contributed by atoms with Crippen LogP contribution in [-0.2, 0) is 4.79 Å². The number of hydrogen-bond acceptors (Lipinski definition) is 2. The van der Waals surface area contributed by atoms with Gasteiger partial charge in [0.2, 0.25) is 0 Å². The number of carbonyl (C=O) groups excluding carboxylic acids is 1. The summed E-state index contributed by atoms with van der Waals surface area (Å²) in [6.07, 6.45) is 9.42. The molecule has 2 N–H and O–H groups in total. The lowest BCUT2D eigenvalue weighted by Gasteiger charge is -2.37. The fourth-order valence-corrected chi connectivity index (χ4v) is 1.91. The third-order valence-corrected chi connectivity index (χ3v) is 4.32. The lowest BCUT2D eigenvalue weighted by Crippen LogP contribution is -2.51. The summed E-state index contributed by atoms with van der Waals surface area (Å²) < 4.78 is 0. The van der Waals surface area contributed by atoms with Gasteiger partial charge in [0.05, 0.1) is 0 Å². The second kappa shape index (κ2) is 7.93. The third-order valence-electron chi connectivity index (χ3n) is 4.32. The predicted molar refractivity (Wildman–Crippen MR) is 79.7 cm³/mol. The Morgan fingerprint density at radius 1 is 0.889 bits per heavy atom. The Hall–Kier alpha value is -0.370. The summed E-state index contributed by atoms with van der Waals surface area (Å²) in [5.74, 6) is 0.309. The van der Waals surface area contributed by atoms with Crippen molar-refractivity contribution in [2.45, 2.75) is 91.5 Å². The van der Waals surface area contributed by atoms with Gasteiger partial charge in [-0.2, -0.15) is 0 Å². The minimum absolute atomic E-state index is 0.309. The number of unbranched alkanes of at least 4 members (excludes halogenated alkanes) is 6. The van der Waals surface area contributed by atoms with Gasteiger partial charge in [-0.1, -0.05) is 59.3 Å². The first-order valence-corrected chi connectivity index (χ1v) is 7.55. The van der Waals surface area contributed by atoms with Gasteiger partial charge in [0, 0.05) is 17.4 Å². The molecule has 0 fully saturated rings. The first-order chi connectivity index (χ1) is 8.23. The van der Waals surface area contributed by atoms with Crippen LogP contribution in [0.2, 0.25) is 0 Å². The standard InChI is InChI=1S/C16H33NO/c1-6-7-8-9-10-11-12-13-14(18)15(2,3)16(4,5)17/h6-13,17H2,1-5H3. The number of ketones is 1. The van der Waals surface area contributed by atoms with Crippen LogP contribution in [0.15, 0.2) is 0 Å². The Morgan fingerprint density at radius 2 is 1.33 bits per heavy atom. The van der Waals surface area contributed by atoms with Crippen LogP contribution >= 0.6 is 0 Å². The molecule has 0 radical (unpaired) electrons. The molecule has 0 rings (SSSR count). The monoisotopic (exact) mass is 255 g/mol. The van der Waals surface area contributed by atoms with Crippen molar-refractivity contribution in [1.29, 1.82) is 0 Å². The molecular formula is C16H33NO. The topological polar surface area (TPSA) is 43.1 Å². The van der Waals surface area contributed by atoms with Crippen LogP contribution in [0.5, 0.6) is 0 Å². The van der Waals surface area contributed by atoms with E-state index in [0.717, 1.165) is 6.42 Å². The van der Waals surface area contributed by atoms with Crippen molar-refractivity contribution in [3.05, 3.63) is 0 Å². The van der Waals surface area contributed by atoms with Gasteiger partial charge < -0.3 is 5.73 Å². The lowest BCUT2D eigenvalue weighted by molar-refractivity contribution is -0.130. The lowest BCUT2D eigenvalue weighted by atomic mass is 9.71. The van der Waals surface area contributed by atoms with E-state index < -0.39 is 11.0 Å². The van der Waals surface area contributed by atoms with Gasteiger partial charge in [0.15, 0.2) is 0 Å². The first-order valence-electron chi connectivity index (χ1n) is 7.55. The van der Waals surface area contributed by atoms with Gasteiger partial charge in [-0.05, 0) is 20.3 Å². The Labute approximate surface area is 114 Å². The fraction of sp³-hybridized carbons (Fsp3) is 0.938. The maximum Gasteiger partial charge on any atom is 0.140 e. The van der Waals surface area contributed by atoms with Crippen molar-refractivity contribution in [3.63, 3.8) is 0 Å². The predicted octanol–water partition coefficient (Wildman–Crippen LogP) is 4.46. The summed E-state index contributed by atoms with van der Waals surface area (Å²) in [6, 6.07) is 0. The maximum atomic E-state index is 12.2.